The lowest BCUT2D eigenvalue weighted by Gasteiger charge is -2.53. The topological polar surface area (TPSA) is 36.9 Å². The van der Waals surface area contributed by atoms with Crippen LogP contribution >= 0.6 is 0 Å². The second-order valence-corrected chi connectivity index (χ2v) is 4.51. The molecule has 2 saturated heterocycles. The first kappa shape index (κ1) is 11.4. The fourth-order valence-corrected chi connectivity index (χ4v) is 2.77. The minimum Gasteiger partial charge on any atom is -0.384 e. The van der Waals surface area contributed by atoms with Crippen LogP contribution in [0, 0.1) is 11.8 Å². The maximum Gasteiger partial charge on any atom is 0.180 e. The first-order valence-corrected chi connectivity index (χ1v) is 5.49. The standard InChI is InChI=1S/C10H19BO4/c1-6(4-12-2)10(13-3)7-5-14-9(11)8(7)15-10/h6-9H,4-5,11H2,1-3H3/t6?,7?,8-,9+,10+/m0/s1. The molecule has 0 bridgehead atoms. The molecule has 2 aliphatic rings. The number of fused-ring (bicyclic) bond motifs is 1. The zero-order valence-corrected chi connectivity index (χ0v) is 9.86. The highest BCUT2D eigenvalue weighted by molar-refractivity contribution is 6.11. The molecule has 0 amide bonds. The molecule has 0 N–H and O–H groups in total. The minimum absolute atomic E-state index is 0.188. The van der Waals surface area contributed by atoms with Crippen LogP contribution in [0.1, 0.15) is 6.92 Å². The van der Waals surface area contributed by atoms with Crippen LogP contribution in [0.25, 0.3) is 0 Å². The largest absolute Gasteiger partial charge is 0.384 e. The third-order valence-electron chi connectivity index (χ3n) is 3.66. The second kappa shape index (κ2) is 4.05. The van der Waals surface area contributed by atoms with E-state index in [4.69, 9.17) is 18.9 Å². The van der Waals surface area contributed by atoms with Crippen molar-refractivity contribution in [1.29, 1.82) is 0 Å². The zero-order valence-electron chi connectivity index (χ0n) is 9.86. The van der Waals surface area contributed by atoms with E-state index in [1.807, 2.05) is 7.85 Å². The Kier molecular flexibility index (Phi) is 3.08. The molecule has 0 spiro atoms. The Morgan fingerprint density at radius 2 is 2.27 bits per heavy atom. The number of methoxy groups -OCH3 is 2. The Morgan fingerprint density at radius 1 is 1.53 bits per heavy atom. The second-order valence-electron chi connectivity index (χ2n) is 4.51. The van der Waals surface area contributed by atoms with Crippen molar-refractivity contribution < 1.29 is 18.9 Å². The van der Waals surface area contributed by atoms with E-state index in [0.717, 1.165) is 6.61 Å². The predicted octanol–water partition coefficient (Wildman–Crippen LogP) is -0.384. The van der Waals surface area contributed by atoms with Crippen LogP contribution in [0.15, 0.2) is 0 Å². The molecule has 0 saturated carbocycles. The van der Waals surface area contributed by atoms with Gasteiger partial charge in [-0.05, 0) is 0 Å². The van der Waals surface area contributed by atoms with Gasteiger partial charge in [0.2, 0.25) is 0 Å². The maximum absolute atomic E-state index is 5.90. The SMILES string of the molecule is B[C@@H]1OCC2[C@@H]1O[C@]2(OC)C(C)COC. The molecule has 4 nitrogen and oxygen atoms in total. The van der Waals surface area contributed by atoms with Crippen LogP contribution < -0.4 is 0 Å². The Morgan fingerprint density at radius 3 is 2.80 bits per heavy atom. The summed E-state index contributed by atoms with van der Waals surface area (Å²) in [6.07, 6.45) is 0.198. The monoisotopic (exact) mass is 214 g/mol. The summed E-state index contributed by atoms with van der Waals surface area (Å²) in [6, 6.07) is 0.188. The van der Waals surface area contributed by atoms with Gasteiger partial charge in [0.25, 0.3) is 0 Å². The minimum atomic E-state index is -0.495. The molecular formula is C10H19BO4. The molecule has 0 radical (unpaired) electrons. The van der Waals surface area contributed by atoms with Gasteiger partial charge in [0, 0.05) is 20.1 Å². The van der Waals surface area contributed by atoms with Crippen LogP contribution in [0.3, 0.4) is 0 Å². The molecule has 5 heteroatoms. The van der Waals surface area contributed by atoms with Gasteiger partial charge in [0.1, 0.15) is 7.85 Å². The number of hydrogen-bond donors (Lipinski definition) is 0. The van der Waals surface area contributed by atoms with Crippen LogP contribution in [0.5, 0.6) is 0 Å². The molecule has 2 fully saturated rings. The van der Waals surface area contributed by atoms with Gasteiger partial charge in [-0.1, -0.05) is 6.92 Å². The molecule has 2 rings (SSSR count). The number of rotatable bonds is 4. The van der Waals surface area contributed by atoms with Gasteiger partial charge >= 0.3 is 0 Å². The molecule has 2 unspecified atom stereocenters. The highest BCUT2D eigenvalue weighted by atomic mass is 16.7. The molecule has 2 heterocycles. The van der Waals surface area contributed by atoms with E-state index in [9.17, 15) is 0 Å². The number of hydrogen-bond acceptors (Lipinski definition) is 4. The first-order valence-electron chi connectivity index (χ1n) is 5.49. The van der Waals surface area contributed by atoms with Gasteiger partial charge in [-0.3, -0.25) is 0 Å². The zero-order chi connectivity index (χ0) is 11.1. The van der Waals surface area contributed by atoms with Crippen LogP contribution in [-0.2, 0) is 18.9 Å². The van der Waals surface area contributed by atoms with Crippen molar-refractivity contribution >= 4 is 7.85 Å². The smallest absolute Gasteiger partial charge is 0.180 e. The Bertz CT molecular complexity index is 237. The molecule has 0 aromatic rings. The fourth-order valence-electron chi connectivity index (χ4n) is 2.77. The molecule has 15 heavy (non-hydrogen) atoms. The van der Waals surface area contributed by atoms with E-state index in [1.54, 1.807) is 14.2 Å². The molecule has 0 aromatic heterocycles. The van der Waals surface area contributed by atoms with Crippen molar-refractivity contribution in [3.63, 3.8) is 0 Å². The van der Waals surface area contributed by atoms with E-state index in [1.165, 1.54) is 0 Å². The average molecular weight is 214 g/mol. The Hall–Kier alpha value is -0.0951. The summed E-state index contributed by atoms with van der Waals surface area (Å²) in [5.41, 5.74) is 0. The lowest BCUT2D eigenvalue weighted by atomic mass is 9.75. The highest BCUT2D eigenvalue weighted by Gasteiger charge is 2.63. The van der Waals surface area contributed by atoms with E-state index in [0.29, 0.717) is 12.5 Å². The van der Waals surface area contributed by atoms with E-state index < -0.39 is 5.79 Å². The van der Waals surface area contributed by atoms with Crippen LogP contribution in [0.2, 0.25) is 0 Å². The Balaban J connectivity index is 2.06. The van der Waals surface area contributed by atoms with Crippen molar-refractivity contribution in [2.75, 3.05) is 27.4 Å². The summed E-state index contributed by atoms with van der Waals surface area (Å²) in [7, 11) is 5.44. The summed E-state index contributed by atoms with van der Waals surface area (Å²) >= 11 is 0. The summed E-state index contributed by atoms with van der Waals surface area (Å²) in [5, 5.41) is 0. The molecule has 0 aliphatic carbocycles. The first-order chi connectivity index (χ1) is 7.15. The van der Waals surface area contributed by atoms with E-state index >= 15 is 0 Å². The maximum atomic E-state index is 5.90. The van der Waals surface area contributed by atoms with Crippen LogP contribution in [0.4, 0.5) is 0 Å². The van der Waals surface area contributed by atoms with Gasteiger partial charge in [0.15, 0.2) is 5.79 Å². The van der Waals surface area contributed by atoms with E-state index in [-0.39, 0.29) is 18.0 Å². The van der Waals surface area contributed by atoms with Crippen molar-refractivity contribution in [3.05, 3.63) is 0 Å². The molecule has 86 valence electrons. The lowest BCUT2D eigenvalue weighted by Crippen LogP contribution is -2.66. The van der Waals surface area contributed by atoms with Crippen molar-refractivity contribution in [2.24, 2.45) is 11.8 Å². The Labute approximate surface area is 91.6 Å². The van der Waals surface area contributed by atoms with Gasteiger partial charge < -0.3 is 18.9 Å². The van der Waals surface area contributed by atoms with E-state index in [2.05, 4.69) is 6.92 Å². The van der Waals surface area contributed by atoms with Crippen molar-refractivity contribution in [2.45, 2.75) is 24.8 Å². The normalized spacial score (nSPS) is 45.9. The average Bonchev–Trinajstić information content (AvgIpc) is 2.45. The number of ether oxygens (including phenoxy) is 4. The fraction of sp³-hybridized carbons (Fsp3) is 1.00. The molecular weight excluding hydrogens is 195 g/mol. The van der Waals surface area contributed by atoms with Gasteiger partial charge in [-0.2, -0.15) is 0 Å². The van der Waals surface area contributed by atoms with Gasteiger partial charge in [0.05, 0.1) is 31.2 Å². The lowest BCUT2D eigenvalue weighted by molar-refractivity contribution is -0.387. The predicted molar refractivity (Wildman–Crippen MR) is 57.4 cm³/mol. The third-order valence-corrected chi connectivity index (χ3v) is 3.66. The quantitative estimate of drug-likeness (QED) is 0.597. The molecule has 2 aliphatic heterocycles. The van der Waals surface area contributed by atoms with Crippen molar-refractivity contribution in [3.8, 4) is 0 Å². The summed E-state index contributed by atoms with van der Waals surface area (Å²) in [6.45, 7) is 3.46. The highest BCUT2D eigenvalue weighted by Crippen LogP contribution is 2.49. The van der Waals surface area contributed by atoms with Crippen molar-refractivity contribution in [1.82, 2.24) is 0 Å². The molecule has 0 aromatic carbocycles. The van der Waals surface area contributed by atoms with Gasteiger partial charge in [-0.25, -0.2) is 0 Å². The third kappa shape index (κ3) is 1.53. The summed E-state index contributed by atoms with van der Waals surface area (Å²) < 4.78 is 22.2. The van der Waals surface area contributed by atoms with Crippen LogP contribution in [-0.4, -0.2) is 53.2 Å². The molecule has 5 atom stereocenters. The summed E-state index contributed by atoms with van der Waals surface area (Å²) in [5.74, 6) is 0.0797. The summed E-state index contributed by atoms with van der Waals surface area (Å²) in [4.78, 5) is 0. The van der Waals surface area contributed by atoms with Gasteiger partial charge in [-0.15, -0.1) is 0 Å².